The lowest BCUT2D eigenvalue weighted by molar-refractivity contribution is -0.132. The topological polar surface area (TPSA) is 68.5 Å². The number of aromatic nitrogens is 2. The van der Waals surface area contributed by atoms with E-state index in [0.29, 0.717) is 29.7 Å². The van der Waals surface area contributed by atoms with Gasteiger partial charge in [0.25, 0.3) is 5.89 Å². The molecule has 156 valence electrons. The van der Waals surface area contributed by atoms with Crippen LogP contribution in [0.25, 0.3) is 0 Å². The SMILES string of the molecule is CC1(c2noc(COc3ccccc3)n2)CCCN(C(=O)Cc2ccc(Cl)cc2)C1. The number of likely N-dealkylation sites (tertiary alicyclic amines) is 1. The lowest BCUT2D eigenvalue weighted by atomic mass is 9.81. The van der Waals surface area contributed by atoms with Gasteiger partial charge in [-0.3, -0.25) is 4.79 Å². The zero-order chi connectivity index (χ0) is 21.0. The van der Waals surface area contributed by atoms with E-state index in [1.165, 1.54) is 0 Å². The van der Waals surface area contributed by atoms with Crippen LogP contribution in [-0.4, -0.2) is 34.0 Å². The van der Waals surface area contributed by atoms with Crippen molar-refractivity contribution in [3.63, 3.8) is 0 Å². The van der Waals surface area contributed by atoms with Crippen LogP contribution in [0, 0.1) is 0 Å². The Labute approximate surface area is 180 Å². The van der Waals surface area contributed by atoms with E-state index in [2.05, 4.69) is 17.1 Å². The zero-order valence-corrected chi connectivity index (χ0v) is 17.6. The van der Waals surface area contributed by atoms with Gasteiger partial charge in [0.2, 0.25) is 5.91 Å². The van der Waals surface area contributed by atoms with Gasteiger partial charge in [0, 0.05) is 23.5 Å². The van der Waals surface area contributed by atoms with Crippen molar-refractivity contribution in [2.24, 2.45) is 0 Å². The van der Waals surface area contributed by atoms with Crippen LogP contribution in [0.3, 0.4) is 0 Å². The smallest absolute Gasteiger partial charge is 0.264 e. The molecule has 1 aromatic heterocycles. The first kappa shape index (κ1) is 20.4. The Morgan fingerprint density at radius 2 is 1.97 bits per heavy atom. The summed E-state index contributed by atoms with van der Waals surface area (Å²) in [6.07, 6.45) is 2.15. The molecule has 4 rings (SSSR count). The fraction of sp³-hybridized carbons (Fsp3) is 0.348. The number of para-hydroxylation sites is 1. The second-order valence-corrected chi connectivity index (χ2v) is 8.33. The molecule has 7 heteroatoms. The molecule has 1 saturated heterocycles. The molecule has 2 aromatic carbocycles. The number of carbonyl (C=O) groups excluding carboxylic acids is 1. The standard InChI is InChI=1S/C23H24ClN3O3/c1-23(22-25-20(30-26-22)15-29-19-6-3-2-4-7-19)12-5-13-27(16-23)21(28)14-17-8-10-18(24)11-9-17/h2-4,6-11H,5,12-16H2,1H3. The van der Waals surface area contributed by atoms with E-state index in [4.69, 9.17) is 20.9 Å². The number of carbonyl (C=O) groups is 1. The van der Waals surface area contributed by atoms with Crippen molar-refractivity contribution in [2.45, 2.75) is 38.2 Å². The third-order valence-electron chi connectivity index (χ3n) is 5.43. The number of piperidine rings is 1. The summed E-state index contributed by atoms with van der Waals surface area (Å²) >= 11 is 5.93. The van der Waals surface area contributed by atoms with Crippen LogP contribution < -0.4 is 4.74 Å². The Morgan fingerprint density at radius 1 is 1.20 bits per heavy atom. The van der Waals surface area contributed by atoms with Crippen molar-refractivity contribution < 1.29 is 14.1 Å². The quantitative estimate of drug-likeness (QED) is 0.584. The van der Waals surface area contributed by atoms with Crippen molar-refractivity contribution in [3.8, 4) is 5.75 Å². The molecule has 1 unspecified atom stereocenters. The summed E-state index contributed by atoms with van der Waals surface area (Å²) in [5.41, 5.74) is 0.610. The summed E-state index contributed by atoms with van der Waals surface area (Å²) in [6, 6.07) is 16.9. The van der Waals surface area contributed by atoms with Crippen LogP contribution in [0.15, 0.2) is 59.1 Å². The van der Waals surface area contributed by atoms with Crippen LogP contribution in [-0.2, 0) is 23.2 Å². The van der Waals surface area contributed by atoms with E-state index in [-0.39, 0.29) is 17.9 Å². The first-order chi connectivity index (χ1) is 14.5. The van der Waals surface area contributed by atoms with Crippen LogP contribution >= 0.6 is 11.6 Å². The van der Waals surface area contributed by atoms with Gasteiger partial charge in [-0.25, -0.2) is 0 Å². The predicted molar refractivity (Wildman–Crippen MR) is 113 cm³/mol. The van der Waals surface area contributed by atoms with Crippen LogP contribution in [0.2, 0.25) is 5.02 Å². The van der Waals surface area contributed by atoms with Crippen LogP contribution in [0.4, 0.5) is 0 Å². The third kappa shape index (κ3) is 4.82. The molecule has 0 N–H and O–H groups in total. The maximum Gasteiger partial charge on any atom is 0.264 e. The molecule has 1 atom stereocenters. The predicted octanol–water partition coefficient (Wildman–Crippen LogP) is 4.42. The largest absolute Gasteiger partial charge is 0.484 e. The molecule has 0 spiro atoms. The number of rotatable bonds is 6. The second kappa shape index (κ2) is 8.88. The van der Waals surface area contributed by atoms with E-state index in [0.717, 1.165) is 30.7 Å². The van der Waals surface area contributed by atoms with Crippen LogP contribution in [0.5, 0.6) is 5.75 Å². The van der Waals surface area contributed by atoms with Gasteiger partial charge in [-0.2, -0.15) is 4.98 Å². The summed E-state index contributed by atoms with van der Waals surface area (Å²) in [4.78, 5) is 19.3. The van der Waals surface area contributed by atoms with Gasteiger partial charge in [0.05, 0.1) is 6.42 Å². The Balaban J connectivity index is 1.39. The maximum absolute atomic E-state index is 12.8. The molecule has 0 saturated carbocycles. The van der Waals surface area contributed by atoms with Gasteiger partial charge in [-0.1, -0.05) is 54.0 Å². The highest BCUT2D eigenvalue weighted by molar-refractivity contribution is 6.30. The third-order valence-corrected chi connectivity index (χ3v) is 5.68. The molecule has 0 radical (unpaired) electrons. The fourth-order valence-electron chi connectivity index (χ4n) is 3.74. The Morgan fingerprint density at radius 3 is 2.73 bits per heavy atom. The summed E-state index contributed by atoms with van der Waals surface area (Å²) in [5.74, 6) is 1.90. The van der Waals surface area contributed by atoms with E-state index in [9.17, 15) is 4.79 Å². The summed E-state index contributed by atoms with van der Waals surface area (Å²) in [5, 5.41) is 4.86. The minimum absolute atomic E-state index is 0.0966. The lowest BCUT2D eigenvalue weighted by Gasteiger charge is -2.38. The van der Waals surface area contributed by atoms with Gasteiger partial charge in [-0.15, -0.1) is 0 Å². The number of hydrogen-bond donors (Lipinski definition) is 0. The van der Waals surface area contributed by atoms with Gasteiger partial charge < -0.3 is 14.2 Å². The number of amides is 1. The minimum atomic E-state index is -0.345. The minimum Gasteiger partial charge on any atom is -0.484 e. The van der Waals surface area contributed by atoms with Gasteiger partial charge in [-0.05, 0) is 42.7 Å². The Kier molecular flexibility index (Phi) is 6.04. The van der Waals surface area contributed by atoms with E-state index < -0.39 is 0 Å². The summed E-state index contributed by atoms with van der Waals surface area (Å²) in [7, 11) is 0. The van der Waals surface area contributed by atoms with Gasteiger partial charge >= 0.3 is 0 Å². The monoisotopic (exact) mass is 425 g/mol. The first-order valence-corrected chi connectivity index (χ1v) is 10.4. The molecular weight excluding hydrogens is 402 g/mol. The Bertz CT molecular complexity index is 990. The fourth-order valence-corrected chi connectivity index (χ4v) is 3.87. The van der Waals surface area contributed by atoms with E-state index >= 15 is 0 Å². The van der Waals surface area contributed by atoms with E-state index in [1.807, 2.05) is 59.5 Å². The van der Waals surface area contributed by atoms with E-state index in [1.54, 1.807) is 0 Å². The lowest BCUT2D eigenvalue weighted by Crippen LogP contribution is -2.48. The molecule has 1 fully saturated rings. The van der Waals surface area contributed by atoms with Crippen molar-refractivity contribution in [1.82, 2.24) is 15.0 Å². The highest BCUT2D eigenvalue weighted by Gasteiger charge is 2.38. The zero-order valence-electron chi connectivity index (χ0n) is 16.9. The molecule has 0 bridgehead atoms. The molecule has 1 aliphatic rings. The summed E-state index contributed by atoms with van der Waals surface area (Å²) in [6.45, 7) is 3.61. The van der Waals surface area contributed by atoms with Gasteiger partial charge in [0.1, 0.15) is 5.75 Å². The number of hydrogen-bond acceptors (Lipinski definition) is 5. The molecule has 0 aliphatic carbocycles. The average molecular weight is 426 g/mol. The van der Waals surface area contributed by atoms with Crippen molar-refractivity contribution in [2.75, 3.05) is 13.1 Å². The number of ether oxygens (including phenoxy) is 1. The molecule has 6 nitrogen and oxygen atoms in total. The highest BCUT2D eigenvalue weighted by atomic mass is 35.5. The molecule has 1 amide bonds. The number of benzene rings is 2. The normalized spacial score (nSPS) is 18.9. The Hall–Kier alpha value is -2.86. The maximum atomic E-state index is 12.8. The number of halogens is 1. The number of nitrogens with zero attached hydrogens (tertiary/aromatic N) is 3. The van der Waals surface area contributed by atoms with Gasteiger partial charge in [0.15, 0.2) is 12.4 Å². The molecule has 30 heavy (non-hydrogen) atoms. The highest BCUT2D eigenvalue weighted by Crippen LogP contribution is 2.32. The second-order valence-electron chi connectivity index (χ2n) is 7.90. The molecular formula is C23H24ClN3O3. The summed E-state index contributed by atoms with van der Waals surface area (Å²) < 4.78 is 11.1. The molecule has 3 aromatic rings. The average Bonchev–Trinajstić information content (AvgIpc) is 3.25. The molecule has 2 heterocycles. The first-order valence-electron chi connectivity index (χ1n) is 10.0. The van der Waals surface area contributed by atoms with Crippen molar-refractivity contribution >= 4 is 17.5 Å². The molecule has 1 aliphatic heterocycles. The van der Waals surface area contributed by atoms with Crippen molar-refractivity contribution in [3.05, 3.63) is 76.9 Å². The van der Waals surface area contributed by atoms with Crippen LogP contribution in [0.1, 0.15) is 37.0 Å². The van der Waals surface area contributed by atoms with Crippen molar-refractivity contribution in [1.29, 1.82) is 0 Å².